The van der Waals surface area contributed by atoms with Crippen LogP contribution in [0.5, 0.6) is 11.9 Å². The number of pyridine rings is 1. The lowest BCUT2D eigenvalue weighted by molar-refractivity contribution is 0.212. The van der Waals surface area contributed by atoms with Crippen molar-refractivity contribution in [1.82, 2.24) is 19.9 Å². The summed E-state index contributed by atoms with van der Waals surface area (Å²) in [4.78, 5) is 22.9. The van der Waals surface area contributed by atoms with E-state index in [0.717, 1.165) is 37.9 Å². The van der Waals surface area contributed by atoms with Crippen molar-refractivity contribution in [2.45, 2.75) is 56.8 Å². The standard InChI is InChI=1S/C28H24F2N6O3.C7H12FN/c1-4-18-20(29)9-8-14-10-15(31)11-19(21(14)18)24-23(30)25-22-26(34-28(33-25)37-2)36-12-16(35-38-3)6-5-7-17(36)13-39-27(22)32-24;8-6-4-7-2-1-3-9(7)5-6/h1,8-11,17H,5-7,12-13,31H2,2-3H3;6-7H,1-5H2/b35-16-;. The van der Waals surface area contributed by atoms with Crippen LogP contribution < -0.4 is 20.1 Å². The lowest BCUT2D eigenvalue weighted by atomic mass is 9.95. The number of halogens is 3. The summed E-state index contributed by atoms with van der Waals surface area (Å²) in [6.45, 7) is 2.54. The van der Waals surface area contributed by atoms with Gasteiger partial charge >= 0.3 is 6.01 Å². The van der Waals surface area contributed by atoms with Gasteiger partial charge < -0.3 is 24.9 Å². The summed E-state index contributed by atoms with van der Waals surface area (Å²) in [6, 6.07) is 6.46. The highest BCUT2D eigenvalue weighted by Gasteiger charge is 2.36. The second-order valence-corrected chi connectivity index (χ2v) is 12.5. The maximum absolute atomic E-state index is 16.5. The predicted octanol–water partition coefficient (Wildman–Crippen LogP) is 5.64. The smallest absolute Gasteiger partial charge is 0.318 e. The Bertz CT molecular complexity index is 1950. The van der Waals surface area contributed by atoms with E-state index in [1.807, 2.05) is 4.90 Å². The van der Waals surface area contributed by atoms with E-state index in [1.165, 1.54) is 39.2 Å². The number of nitrogen functional groups attached to an aromatic ring is 1. The molecule has 0 amide bonds. The zero-order chi connectivity index (χ0) is 33.5. The second-order valence-electron chi connectivity index (χ2n) is 12.5. The number of rotatable bonds is 3. The number of ether oxygens (including phenoxy) is 2. The number of benzene rings is 2. The summed E-state index contributed by atoms with van der Waals surface area (Å²) < 4.78 is 55.4. The van der Waals surface area contributed by atoms with Gasteiger partial charge in [0, 0.05) is 29.2 Å². The van der Waals surface area contributed by atoms with Crippen molar-refractivity contribution >= 4 is 38.9 Å². The molecule has 250 valence electrons. The van der Waals surface area contributed by atoms with Gasteiger partial charge in [0.25, 0.3) is 0 Å². The first-order valence-electron chi connectivity index (χ1n) is 16.1. The van der Waals surface area contributed by atoms with Crippen LogP contribution in [0, 0.1) is 24.0 Å². The lowest BCUT2D eigenvalue weighted by Gasteiger charge is -2.28. The number of oxime groups is 1. The Labute approximate surface area is 276 Å². The third-order valence-corrected chi connectivity index (χ3v) is 9.54. The summed E-state index contributed by atoms with van der Waals surface area (Å²) >= 11 is 0. The van der Waals surface area contributed by atoms with Crippen LogP contribution in [-0.4, -0.2) is 84.3 Å². The van der Waals surface area contributed by atoms with E-state index in [0.29, 0.717) is 46.8 Å². The van der Waals surface area contributed by atoms with E-state index >= 15 is 4.39 Å². The number of nitrogens with two attached hydrogens (primary N) is 1. The van der Waals surface area contributed by atoms with Crippen molar-refractivity contribution in [1.29, 1.82) is 0 Å². The number of anilines is 2. The van der Waals surface area contributed by atoms with Gasteiger partial charge in [-0.05, 0) is 68.7 Å². The fraction of sp³-hybridized carbons (Fsp3) is 0.429. The van der Waals surface area contributed by atoms with Gasteiger partial charge in [-0.3, -0.25) is 4.90 Å². The number of alkyl halides is 1. The average molecular weight is 660 g/mol. The van der Waals surface area contributed by atoms with Crippen LogP contribution in [0.25, 0.3) is 32.9 Å². The fourth-order valence-electron chi connectivity index (χ4n) is 7.41. The van der Waals surface area contributed by atoms with E-state index < -0.39 is 17.8 Å². The third kappa shape index (κ3) is 5.68. The minimum absolute atomic E-state index is 0.0186. The zero-order valence-electron chi connectivity index (χ0n) is 26.8. The molecule has 6 heterocycles. The van der Waals surface area contributed by atoms with Gasteiger partial charge in [-0.25, -0.2) is 18.2 Å². The van der Waals surface area contributed by atoms with Crippen molar-refractivity contribution in [2.75, 3.05) is 51.1 Å². The number of hydrogen-bond donors (Lipinski definition) is 1. The Balaban J connectivity index is 0.000000347. The Hall–Kier alpha value is -4.83. The lowest BCUT2D eigenvalue weighted by Crippen LogP contribution is -2.40. The highest BCUT2D eigenvalue weighted by atomic mass is 19.1. The number of methoxy groups -OCH3 is 1. The van der Waals surface area contributed by atoms with Crippen molar-refractivity contribution in [3.63, 3.8) is 0 Å². The highest BCUT2D eigenvalue weighted by Crippen LogP contribution is 2.43. The van der Waals surface area contributed by atoms with Crippen molar-refractivity contribution < 1.29 is 27.5 Å². The monoisotopic (exact) mass is 659 g/mol. The number of nitrogens with zero attached hydrogens (tertiary/aromatic N) is 6. The molecule has 3 fully saturated rings. The molecule has 3 saturated heterocycles. The van der Waals surface area contributed by atoms with Crippen molar-refractivity contribution in [3.8, 4) is 35.5 Å². The zero-order valence-corrected chi connectivity index (χ0v) is 26.8. The summed E-state index contributed by atoms with van der Waals surface area (Å²) in [5.74, 6) is 1.57. The van der Waals surface area contributed by atoms with Gasteiger partial charge in [0.2, 0.25) is 5.88 Å². The Morgan fingerprint density at radius 1 is 1.08 bits per heavy atom. The van der Waals surface area contributed by atoms with E-state index in [-0.39, 0.29) is 46.9 Å². The molecule has 3 atom stereocenters. The molecule has 0 saturated carbocycles. The molecule has 2 aromatic carbocycles. The molecule has 4 aliphatic rings. The van der Waals surface area contributed by atoms with Gasteiger partial charge in [-0.1, -0.05) is 17.1 Å². The molecule has 2 aromatic heterocycles. The Kier molecular flexibility index (Phi) is 8.60. The minimum atomic E-state index is -0.766. The molecule has 8 rings (SSSR count). The van der Waals surface area contributed by atoms with Crippen LogP contribution in [0.15, 0.2) is 29.4 Å². The minimum Gasteiger partial charge on any atom is -0.475 e. The van der Waals surface area contributed by atoms with Crippen LogP contribution in [0.1, 0.15) is 44.1 Å². The van der Waals surface area contributed by atoms with Crippen molar-refractivity contribution in [2.24, 2.45) is 5.16 Å². The van der Waals surface area contributed by atoms with Gasteiger partial charge in [-0.2, -0.15) is 9.97 Å². The molecule has 4 aliphatic heterocycles. The molecule has 0 radical (unpaired) electrons. The first-order valence-corrected chi connectivity index (χ1v) is 16.1. The first-order chi connectivity index (χ1) is 23.3. The first kappa shape index (κ1) is 31.8. The molecule has 13 heteroatoms. The number of fused-ring (bicyclic) bond motifs is 4. The molecule has 0 spiro atoms. The molecule has 10 nitrogen and oxygen atoms in total. The van der Waals surface area contributed by atoms with E-state index in [9.17, 15) is 8.78 Å². The largest absolute Gasteiger partial charge is 0.475 e. The number of hydrogen-bond acceptors (Lipinski definition) is 10. The highest BCUT2D eigenvalue weighted by molar-refractivity contribution is 6.05. The Morgan fingerprint density at radius 3 is 2.69 bits per heavy atom. The molecule has 2 N–H and O–H groups in total. The Morgan fingerprint density at radius 2 is 1.92 bits per heavy atom. The average Bonchev–Trinajstić information content (AvgIpc) is 3.54. The van der Waals surface area contributed by atoms with Crippen LogP contribution in [0.4, 0.5) is 24.7 Å². The maximum atomic E-state index is 16.5. The van der Waals surface area contributed by atoms with Gasteiger partial charge in [0.05, 0.1) is 31.0 Å². The molecule has 0 aliphatic carbocycles. The maximum Gasteiger partial charge on any atom is 0.318 e. The van der Waals surface area contributed by atoms with E-state index in [2.05, 4.69) is 30.9 Å². The molecular formula is C35H36F3N7O3. The second kappa shape index (κ2) is 13.0. The van der Waals surface area contributed by atoms with Crippen LogP contribution in [-0.2, 0) is 4.84 Å². The SMILES string of the molecule is C#Cc1c(F)ccc2cc(N)cc(-c3nc4c5c(nc(OC)nc5c3F)N3C/C(=N\OC)CCCC3CO4)c12.FC1CC2CCCN2C1. The molecule has 3 unspecified atom stereocenters. The molecule has 0 bridgehead atoms. The summed E-state index contributed by atoms with van der Waals surface area (Å²) in [7, 11) is 2.91. The van der Waals surface area contributed by atoms with E-state index in [4.69, 9.17) is 26.5 Å². The van der Waals surface area contributed by atoms with E-state index in [1.54, 1.807) is 12.1 Å². The number of terminal acetylenes is 1. The van der Waals surface area contributed by atoms with Crippen LogP contribution in [0.2, 0.25) is 0 Å². The van der Waals surface area contributed by atoms with Crippen LogP contribution in [0.3, 0.4) is 0 Å². The topological polar surface area (TPSA) is 111 Å². The van der Waals surface area contributed by atoms with Crippen LogP contribution >= 0.6 is 0 Å². The fourth-order valence-corrected chi connectivity index (χ4v) is 7.41. The predicted molar refractivity (Wildman–Crippen MR) is 178 cm³/mol. The molecular weight excluding hydrogens is 623 g/mol. The third-order valence-electron chi connectivity index (χ3n) is 9.54. The van der Waals surface area contributed by atoms with Gasteiger partial charge in [0.15, 0.2) is 5.82 Å². The summed E-state index contributed by atoms with van der Waals surface area (Å²) in [6.07, 6.45) is 10.9. The number of aromatic nitrogens is 3. The molecule has 4 aromatic rings. The quantitative estimate of drug-likeness (QED) is 0.170. The molecule has 48 heavy (non-hydrogen) atoms. The van der Waals surface area contributed by atoms with Crippen molar-refractivity contribution in [3.05, 3.63) is 41.5 Å². The normalized spacial score (nSPS) is 22.6. The van der Waals surface area contributed by atoms with Gasteiger partial charge in [0.1, 0.15) is 48.1 Å². The summed E-state index contributed by atoms with van der Waals surface area (Å²) in [5, 5.41) is 5.33. The van der Waals surface area contributed by atoms with Gasteiger partial charge in [-0.15, -0.1) is 6.42 Å². The summed E-state index contributed by atoms with van der Waals surface area (Å²) in [5.41, 5.74) is 7.35.